The van der Waals surface area contributed by atoms with E-state index in [4.69, 9.17) is 4.74 Å². The zero-order valence-corrected chi connectivity index (χ0v) is 20.1. The van der Waals surface area contributed by atoms with Crippen LogP contribution in [-0.2, 0) is 26.0 Å². The minimum atomic E-state index is -3.96. The Morgan fingerprint density at radius 3 is 2.47 bits per heavy atom. The largest absolute Gasteiger partial charge is 0.476 e. The lowest BCUT2D eigenvalue weighted by atomic mass is 10.0. The molecule has 1 atom stereocenters. The Bertz CT molecular complexity index is 1220. The third-order valence-corrected chi connectivity index (χ3v) is 8.59. The summed E-state index contributed by atoms with van der Waals surface area (Å²) in [6.45, 7) is 3.41. The maximum Gasteiger partial charge on any atom is 0.265 e. The zero-order valence-electron chi connectivity index (χ0n) is 19.3. The molecule has 3 aliphatic heterocycles. The van der Waals surface area contributed by atoms with Crippen molar-refractivity contribution in [1.82, 2.24) is 4.90 Å². The molecule has 34 heavy (non-hydrogen) atoms. The number of para-hydroxylation sites is 2. The number of fused-ring (bicyclic) bond motifs is 2. The molecule has 2 amide bonds. The number of carbonyl (C=O) groups excluding carboxylic acids is 2. The topological polar surface area (TPSA) is 87.2 Å². The quantitative estimate of drug-likeness (QED) is 0.670. The van der Waals surface area contributed by atoms with Gasteiger partial charge in [-0.05, 0) is 68.0 Å². The van der Waals surface area contributed by atoms with Crippen molar-refractivity contribution in [1.29, 1.82) is 0 Å². The predicted octanol–water partition coefficient (Wildman–Crippen LogP) is 2.95. The fourth-order valence-electron chi connectivity index (χ4n) is 5.06. The van der Waals surface area contributed by atoms with Crippen molar-refractivity contribution < 1.29 is 22.7 Å². The normalized spacial score (nSPS) is 20.3. The minimum Gasteiger partial charge on any atom is -0.476 e. The Morgan fingerprint density at radius 2 is 1.71 bits per heavy atom. The SMILES string of the molecule is CC(=O)N1CCCc2cc(S(=O)(=O)N3CC(C(=O)N4CCCCC4)Oc4ccccc43)ccc21. The molecule has 3 aliphatic rings. The number of hydrogen-bond donors (Lipinski definition) is 0. The van der Waals surface area contributed by atoms with Crippen LogP contribution in [0.5, 0.6) is 5.75 Å². The number of carbonyl (C=O) groups is 2. The summed E-state index contributed by atoms with van der Waals surface area (Å²) in [4.78, 5) is 28.8. The monoisotopic (exact) mass is 483 g/mol. The number of sulfonamides is 1. The molecule has 2 aromatic carbocycles. The third-order valence-electron chi connectivity index (χ3n) is 6.82. The van der Waals surface area contributed by atoms with Crippen molar-refractivity contribution in [2.24, 2.45) is 0 Å². The molecule has 0 aromatic heterocycles. The fraction of sp³-hybridized carbons (Fsp3) is 0.440. The van der Waals surface area contributed by atoms with Gasteiger partial charge in [-0.15, -0.1) is 0 Å². The summed E-state index contributed by atoms with van der Waals surface area (Å²) >= 11 is 0. The fourth-order valence-corrected chi connectivity index (χ4v) is 6.59. The average molecular weight is 484 g/mol. The molecule has 9 heteroatoms. The van der Waals surface area contributed by atoms with Crippen LogP contribution in [0.3, 0.4) is 0 Å². The number of rotatable bonds is 3. The van der Waals surface area contributed by atoms with Gasteiger partial charge in [-0.25, -0.2) is 8.42 Å². The van der Waals surface area contributed by atoms with Crippen LogP contribution in [0.25, 0.3) is 0 Å². The number of nitrogens with zero attached hydrogens (tertiary/aromatic N) is 3. The molecule has 8 nitrogen and oxygen atoms in total. The van der Waals surface area contributed by atoms with E-state index in [1.807, 2.05) is 0 Å². The van der Waals surface area contributed by atoms with E-state index in [9.17, 15) is 18.0 Å². The van der Waals surface area contributed by atoms with Gasteiger partial charge in [0.05, 0.1) is 17.1 Å². The maximum atomic E-state index is 13.9. The first-order valence-electron chi connectivity index (χ1n) is 11.8. The van der Waals surface area contributed by atoms with Crippen molar-refractivity contribution in [3.63, 3.8) is 0 Å². The van der Waals surface area contributed by atoms with E-state index < -0.39 is 16.1 Å². The lowest BCUT2D eigenvalue weighted by Crippen LogP contribution is -2.52. The molecule has 3 heterocycles. The van der Waals surface area contributed by atoms with E-state index in [-0.39, 0.29) is 23.3 Å². The Labute approximate surface area is 200 Å². The van der Waals surface area contributed by atoms with Gasteiger partial charge in [-0.1, -0.05) is 12.1 Å². The van der Waals surface area contributed by atoms with Gasteiger partial charge in [0.2, 0.25) is 5.91 Å². The van der Waals surface area contributed by atoms with E-state index in [0.29, 0.717) is 37.5 Å². The molecule has 0 N–H and O–H groups in total. The van der Waals surface area contributed by atoms with Gasteiger partial charge in [0, 0.05) is 32.2 Å². The minimum absolute atomic E-state index is 0.0577. The van der Waals surface area contributed by atoms with E-state index in [1.165, 1.54) is 11.2 Å². The van der Waals surface area contributed by atoms with Crippen LogP contribution >= 0.6 is 0 Å². The number of amides is 2. The van der Waals surface area contributed by atoms with Gasteiger partial charge in [-0.3, -0.25) is 13.9 Å². The van der Waals surface area contributed by atoms with E-state index >= 15 is 0 Å². The lowest BCUT2D eigenvalue weighted by molar-refractivity contribution is -0.139. The Hall–Kier alpha value is -3.07. The van der Waals surface area contributed by atoms with Crippen molar-refractivity contribution in [3.8, 4) is 5.75 Å². The number of aryl methyl sites for hydroxylation is 1. The molecular formula is C25H29N3O5S. The molecule has 0 bridgehead atoms. The van der Waals surface area contributed by atoms with Crippen molar-refractivity contribution >= 4 is 33.2 Å². The maximum absolute atomic E-state index is 13.9. The molecule has 1 unspecified atom stereocenters. The van der Waals surface area contributed by atoms with Gasteiger partial charge in [-0.2, -0.15) is 0 Å². The Balaban J connectivity index is 1.50. The first-order chi connectivity index (χ1) is 16.4. The predicted molar refractivity (Wildman–Crippen MR) is 129 cm³/mol. The molecule has 2 aromatic rings. The Morgan fingerprint density at radius 1 is 0.941 bits per heavy atom. The summed E-state index contributed by atoms with van der Waals surface area (Å²) in [5, 5.41) is 0. The summed E-state index contributed by atoms with van der Waals surface area (Å²) in [6, 6.07) is 11.9. The molecule has 0 spiro atoms. The van der Waals surface area contributed by atoms with Gasteiger partial charge in [0.1, 0.15) is 5.75 Å². The van der Waals surface area contributed by atoms with Crippen LogP contribution in [0.15, 0.2) is 47.4 Å². The van der Waals surface area contributed by atoms with Crippen molar-refractivity contribution in [2.75, 3.05) is 35.4 Å². The van der Waals surface area contributed by atoms with Crippen LogP contribution in [-0.4, -0.2) is 57.4 Å². The molecular weight excluding hydrogens is 454 g/mol. The first kappa shape index (κ1) is 22.7. The van der Waals surface area contributed by atoms with Crippen LogP contribution in [0, 0.1) is 0 Å². The second kappa shape index (κ2) is 8.94. The van der Waals surface area contributed by atoms with Gasteiger partial charge in [0.15, 0.2) is 6.10 Å². The number of ether oxygens (including phenoxy) is 1. The smallest absolute Gasteiger partial charge is 0.265 e. The standard InChI is InChI=1S/C25H29N3O5S/c1-18(29)27-15-7-8-19-16-20(11-12-21(19)27)34(31,32)28-17-24(25(30)26-13-5-2-6-14-26)33-23-10-4-3-9-22(23)28/h3-4,9-12,16,24H,2,5-8,13-15,17H2,1H3. The van der Waals surface area contributed by atoms with E-state index in [1.54, 1.807) is 52.3 Å². The summed E-state index contributed by atoms with van der Waals surface area (Å²) in [5.41, 5.74) is 2.02. The molecule has 0 aliphatic carbocycles. The number of benzene rings is 2. The van der Waals surface area contributed by atoms with Crippen LogP contribution in [0.2, 0.25) is 0 Å². The lowest BCUT2D eigenvalue weighted by Gasteiger charge is -2.37. The molecule has 5 rings (SSSR count). The van der Waals surface area contributed by atoms with Crippen LogP contribution < -0.4 is 13.9 Å². The highest BCUT2D eigenvalue weighted by Crippen LogP contribution is 2.38. The van der Waals surface area contributed by atoms with Gasteiger partial charge in [0.25, 0.3) is 15.9 Å². The highest BCUT2D eigenvalue weighted by Gasteiger charge is 2.39. The van der Waals surface area contributed by atoms with Crippen molar-refractivity contribution in [3.05, 3.63) is 48.0 Å². The van der Waals surface area contributed by atoms with E-state index in [2.05, 4.69) is 0 Å². The number of anilines is 2. The van der Waals surface area contributed by atoms with Crippen LogP contribution in [0.1, 0.15) is 38.2 Å². The first-order valence-corrected chi connectivity index (χ1v) is 13.3. The van der Waals surface area contributed by atoms with Gasteiger partial charge >= 0.3 is 0 Å². The second-order valence-corrected chi connectivity index (χ2v) is 10.9. The molecule has 0 saturated carbocycles. The summed E-state index contributed by atoms with van der Waals surface area (Å²) in [7, 11) is -3.96. The third kappa shape index (κ3) is 4.02. The summed E-state index contributed by atoms with van der Waals surface area (Å²) in [5.74, 6) is 0.156. The number of hydrogen-bond acceptors (Lipinski definition) is 5. The summed E-state index contributed by atoms with van der Waals surface area (Å²) < 4.78 is 35.0. The number of piperidine rings is 1. The molecule has 180 valence electrons. The molecule has 0 radical (unpaired) electrons. The van der Waals surface area contributed by atoms with Gasteiger partial charge < -0.3 is 14.5 Å². The van der Waals surface area contributed by atoms with Crippen LogP contribution in [0.4, 0.5) is 11.4 Å². The molecule has 1 fully saturated rings. The summed E-state index contributed by atoms with van der Waals surface area (Å²) in [6.07, 6.45) is 3.58. The highest BCUT2D eigenvalue weighted by molar-refractivity contribution is 7.92. The highest BCUT2D eigenvalue weighted by atomic mass is 32.2. The van der Waals surface area contributed by atoms with Crippen molar-refractivity contribution in [2.45, 2.75) is 50.0 Å². The second-order valence-electron chi connectivity index (χ2n) is 9.06. The Kier molecular flexibility index (Phi) is 5.97. The molecule has 1 saturated heterocycles. The van der Waals surface area contributed by atoms with E-state index in [0.717, 1.165) is 36.9 Å². The average Bonchev–Trinajstić information content (AvgIpc) is 2.87. The number of likely N-dealkylation sites (tertiary alicyclic amines) is 1. The zero-order chi connectivity index (χ0) is 23.9.